The highest BCUT2D eigenvalue weighted by atomic mass is 79.9. The lowest BCUT2D eigenvalue weighted by atomic mass is 10.1. The summed E-state index contributed by atoms with van der Waals surface area (Å²) in [4.78, 5) is 22.6. The minimum Gasteiger partial charge on any atom is -0.486 e. The lowest BCUT2D eigenvalue weighted by Crippen LogP contribution is -2.31. The first kappa shape index (κ1) is 16.6. The van der Waals surface area contributed by atoms with Crippen molar-refractivity contribution in [2.45, 2.75) is 26.3 Å². The average molecular weight is 371 g/mol. The molecule has 6 nitrogen and oxygen atoms in total. The summed E-state index contributed by atoms with van der Waals surface area (Å²) in [6.07, 6.45) is 0.242. The summed E-state index contributed by atoms with van der Waals surface area (Å²) in [5, 5.41) is 5.50. The quantitative estimate of drug-likeness (QED) is 0.829. The van der Waals surface area contributed by atoms with E-state index < -0.39 is 0 Å². The second-order valence-electron chi connectivity index (χ2n) is 5.04. The zero-order chi connectivity index (χ0) is 16.1. The van der Waals surface area contributed by atoms with E-state index in [1.165, 1.54) is 6.92 Å². The molecule has 0 aliphatic carbocycles. The maximum Gasteiger partial charge on any atom is 0.222 e. The number of hydrogen-bond donors (Lipinski definition) is 2. The molecule has 1 aromatic rings. The van der Waals surface area contributed by atoms with E-state index in [4.69, 9.17) is 9.47 Å². The smallest absolute Gasteiger partial charge is 0.222 e. The molecule has 0 fully saturated rings. The Kier molecular flexibility index (Phi) is 5.65. The summed E-state index contributed by atoms with van der Waals surface area (Å²) in [6, 6.07) is 3.54. The SMILES string of the molecule is CC(=O)NCCC(=O)N[C@@H](C)c1cc2c(cc1Br)OCCO2. The fourth-order valence-corrected chi connectivity index (χ4v) is 2.82. The molecule has 2 rings (SSSR count). The molecular formula is C15H19BrN2O4. The molecule has 1 aliphatic heterocycles. The van der Waals surface area contributed by atoms with E-state index in [2.05, 4.69) is 26.6 Å². The van der Waals surface area contributed by atoms with E-state index in [0.717, 1.165) is 10.0 Å². The van der Waals surface area contributed by atoms with Gasteiger partial charge in [0.25, 0.3) is 0 Å². The summed E-state index contributed by atoms with van der Waals surface area (Å²) >= 11 is 3.49. The van der Waals surface area contributed by atoms with Crippen molar-refractivity contribution in [2.24, 2.45) is 0 Å². The van der Waals surface area contributed by atoms with Crippen LogP contribution in [0.5, 0.6) is 11.5 Å². The number of amides is 2. The first-order chi connectivity index (χ1) is 10.5. The van der Waals surface area contributed by atoms with Gasteiger partial charge in [-0.2, -0.15) is 0 Å². The van der Waals surface area contributed by atoms with Gasteiger partial charge in [0.05, 0.1) is 6.04 Å². The van der Waals surface area contributed by atoms with Crippen molar-refractivity contribution in [1.29, 1.82) is 0 Å². The number of ether oxygens (including phenoxy) is 2. The van der Waals surface area contributed by atoms with Crippen LogP contribution in [0.2, 0.25) is 0 Å². The molecule has 0 aromatic heterocycles. The lowest BCUT2D eigenvalue weighted by molar-refractivity contribution is -0.122. The van der Waals surface area contributed by atoms with Crippen molar-refractivity contribution in [3.05, 3.63) is 22.2 Å². The van der Waals surface area contributed by atoms with Gasteiger partial charge in [-0.3, -0.25) is 9.59 Å². The van der Waals surface area contributed by atoms with E-state index in [-0.39, 0.29) is 24.3 Å². The number of nitrogens with one attached hydrogen (secondary N) is 2. The van der Waals surface area contributed by atoms with Crippen LogP contribution in [-0.2, 0) is 9.59 Å². The summed E-state index contributed by atoms with van der Waals surface area (Å²) in [7, 11) is 0. The summed E-state index contributed by atoms with van der Waals surface area (Å²) < 4.78 is 11.9. The van der Waals surface area contributed by atoms with Crippen LogP contribution in [0.15, 0.2) is 16.6 Å². The van der Waals surface area contributed by atoms with Gasteiger partial charge in [-0.1, -0.05) is 15.9 Å². The number of halogens is 1. The van der Waals surface area contributed by atoms with Crippen molar-refractivity contribution >= 4 is 27.7 Å². The summed E-state index contributed by atoms with van der Waals surface area (Å²) in [6.45, 7) is 4.70. The van der Waals surface area contributed by atoms with Gasteiger partial charge >= 0.3 is 0 Å². The van der Waals surface area contributed by atoms with Crippen LogP contribution in [-0.4, -0.2) is 31.6 Å². The number of fused-ring (bicyclic) bond motifs is 1. The van der Waals surface area contributed by atoms with Crippen molar-refractivity contribution in [3.8, 4) is 11.5 Å². The molecule has 1 aliphatic rings. The van der Waals surface area contributed by atoms with E-state index in [1.807, 2.05) is 19.1 Å². The van der Waals surface area contributed by atoms with Gasteiger partial charge in [0, 0.05) is 24.4 Å². The monoisotopic (exact) mass is 370 g/mol. The van der Waals surface area contributed by atoms with E-state index in [9.17, 15) is 9.59 Å². The van der Waals surface area contributed by atoms with Gasteiger partial charge in [0.15, 0.2) is 11.5 Å². The zero-order valence-electron chi connectivity index (χ0n) is 12.6. The molecular weight excluding hydrogens is 352 g/mol. The highest BCUT2D eigenvalue weighted by Crippen LogP contribution is 2.37. The number of carbonyl (C=O) groups excluding carboxylic acids is 2. The van der Waals surface area contributed by atoms with Gasteiger partial charge in [-0.25, -0.2) is 0 Å². The van der Waals surface area contributed by atoms with Crippen molar-refractivity contribution in [3.63, 3.8) is 0 Å². The Bertz CT molecular complexity index is 577. The minimum absolute atomic E-state index is 0.122. The molecule has 120 valence electrons. The summed E-state index contributed by atoms with van der Waals surface area (Å²) in [5.74, 6) is 1.12. The van der Waals surface area contributed by atoms with Gasteiger partial charge in [0.2, 0.25) is 11.8 Å². The van der Waals surface area contributed by atoms with Gasteiger partial charge < -0.3 is 20.1 Å². The Labute approximate surface area is 137 Å². The number of benzene rings is 1. The number of hydrogen-bond acceptors (Lipinski definition) is 4. The van der Waals surface area contributed by atoms with E-state index >= 15 is 0 Å². The predicted molar refractivity (Wildman–Crippen MR) is 85.0 cm³/mol. The van der Waals surface area contributed by atoms with Crippen LogP contribution < -0.4 is 20.1 Å². The van der Waals surface area contributed by atoms with Crippen LogP contribution in [0, 0.1) is 0 Å². The molecule has 1 heterocycles. The number of rotatable bonds is 5. The molecule has 0 unspecified atom stereocenters. The molecule has 0 radical (unpaired) electrons. The molecule has 2 N–H and O–H groups in total. The van der Waals surface area contributed by atoms with E-state index in [1.54, 1.807) is 0 Å². The van der Waals surface area contributed by atoms with Crippen molar-refractivity contribution in [2.75, 3.05) is 19.8 Å². The predicted octanol–water partition coefficient (Wildman–Crippen LogP) is 1.92. The molecule has 22 heavy (non-hydrogen) atoms. The lowest BCUT2D eigenvalue weighted by Gasteiger charge is -2.22. The van der Waals surface area contributed by atoms with Gasteiger partial charge in [-0.05, 0) is 24.6 Å². The Hall–Kier alpha value is -1.76. The van der Waals surface area contributed by atoms with Gasteiger partial charge in [-0.15, -0.1) is 0 Å². The average Bonchev–Trinajstić information content (AvgIpc) is 2.45. The highest BCUT2D eigenvalue weighted by Gasteiger charge is 2.19. The molecule has 0 saturated heterocycles. The Balaban J connectivity index is 1.98. The largest absolute Gasteiger partial charge is 0.486 e. The fraction of sp³-hybridized carbons (Fsp3) is 0.467. The van der Waals surface area contributed by atoms with Crippen molar-refractivity contribution in [1.82, 2.24) is 10.6 Å². The second-order valence-corrected chi connectivity index (χ2v) is 5.89. The first-order valence-corrected chi connectivity index (χ1v) is 7.89. The van der Waals surface area contributed by atoms with Crippen molar-refractivity contribution < 1.29 is 19.1 Å². The van der Waals surface area contributed by atoms with Crippen LogP contribution in [0.4, 0.5) is 0 Å². The van der Waals surface area contributed by atoms with Crippen LogP contribution in [0.3, 0.4) is 0 Å². The van der Waals surface area contributed by atoms with Crippen LogP contribution in [0.25, 0.3) is 0 Å². The maximum absolute atomic E-state index is 11.9. The second kappa shape index (κ2) is 7.49. The highest BCUT2D eigenvalue weighted by molar-refractivity contribution is 9.10. The van der Waals surface area contributed by atoms with E-state index in [0.29, 0.717) is 31.3 Å². The number of carbonyl (C=O) groups is 2. The summed E-state index contributed by atoms with van der Waals surface area (Å²) in [5.41, 5.74) is 0.914. The van der Waals surface area contributed by atoms with Gasteiger partial charge in [0.1, 0.15) is 13.2 Å². The Morgan fingerprint density at radius 3 is 2.55 bits per heavy atom. The Morgan fingerprint density at radius 1 is 1.27 bits per heavy atom. The third-order valence-corrected chi connectivity index (χ3v) is 3.92. The maximum atomic E-state index is 11.9. The molecule has 0 bridgehead atoms. The standard InChI is InChI=1S/C15H19BrN2O4/c1-9(18-15(20)3-4-17-10(2)19)11-7-13-14(8-12(11)16)22-6-5-21-13/h7-9H,3-6H2,1-2H3,(H,17,19)(H,18,20)/t9-/m0/s1. The molecule has 2 amide bonds. The van der Waals surface area contributed by atoms with Crippen LogP contribution >= 0.6 is 15.9 Å². The fourth-order valence-electron chi connectivity index (χ4n) is 2.16. The first-order valence-electron chi connectivity index (χ1n) is 7.10. The molecule has 7 heteroatoms. The minimum atomic E-state index is -0.185. The third-order valence-electron chi connectivity index (χ3n) is 3.23. The molecule has 0 spiro atoms. The zero-order valence-corrected chi connectivity index (χ0v) is 14.2. The molecule has 1 atom stereocenters. The third kappa shape index (κ3) is 4.37. The van der Waals surface area contributed by atoms with Crippen LogP contribution in [0.1, 0.15) is 31.9 Å². The molecule has 0 saturated carbocycles. The normalized spacial score (nSPS) is 14.1. The Morgan fingerprint density at radius 2 is 1.91 bits per heavy atom. The topological polar surface area (TPSA) is 76.7 Å². The molecule has 1 aromatic carbocycles.